The van der Waals surface area contributed by atoms with Crippen molar-refractivity contribution in [2.45, 2.75) is 34.6 Å². The van der Waals surface area contributed by atoms with E-state index in [1.807, 2.05) is 18.2 Å². The van der Waals surface area contributed by atoms with Crippen LogP contribution in [-0.4, -0.2) is 9.13 Å². The molecule has 0 radical (unpaired) electrons. The molecule has 0 aliphatic heterocycles. The summed E-state index contributed by atoms with van der Waals surface area (Å²) in [4.78, 5) is 0. The molecule has 0 unspecified atom stereocenters. The van der Waals surface area contributed by atoms with Crippen molar-refractivity contribution >= 4 is 43.6 Å². The van der Waals surface area contributed by atoms with Crippen molar-refractivity contribution < 1.29 is 0 Å². The maximum Gasteiger partial charge on any atom is 0.0991 e. The molecule has 0 atom stereocenters. The summed E-state index contributed by atoms with van der Waals surface area (Å²) in [6, 6.07) is 77.7. The van der Waals surface area contributed by atoms with Gasteiger partial charge in [-0.1, -0.05) is 164 Å². The second-order valence-electron chi connectivity index (χ2n) is 18.7. The molecule has 328 valence electrons. The first-order valence-electron chi connectivity index (χ1n) is 23.8. The fourth-order valence-electron chi connectivity index (χ4n) is 11.0. The van der Waals surface area contributed by atoms with Crippen LogP contribution in [0.4, 0.5) is 0 Å². The number of hydrogen-bond donors (Lipinski definition) is 0. The van der Waals surface area contributed by atoms with E-state index in [1.54, 1.807) is 0 Å². The first-order chi connectivity index (χ1) is 33.7. The van der Waals surface area contributed by atoms with Crippen molar-refractivity contribution in [2.24, 2.45) is 0 Å². The fourth-order valence-corrected chi connectivity index (χ4v) is 11.0. The van der Waals surface area contributed by atoms with E-state index in [9.17, 15) is 5.26 Å². The lowest BCUT2D eigenvalue weighted by molar-refractivity contribution is 1.10. The van der Waals surface area contributed by atoms with Gasteiger partial charge in [0.25, 0.3) is 0 Å². The second kappa shape index (κ2) is 16.6. The number of nitrogens with zero attached hydrogens (tertiary/aromatic N) is 3. The van der Waals surface area contributed by atoms with E-state index < -0.39 is 0 Å². The maximum atomic E-state index is 10.3. The Hall–Kier alpha value is -8.71. The van der Waals surface area contributed by atoms with E-state index in [0.717, 1.165) is 50.1 Å². The highest BCUT2D eigenvalue weighted by Crippen LogP contribution is 2.45. The van der Waals surface area contributed by atoms with Crippen LogP contribution in [0.3, 0.4) is 0 Å². The van der Waals surface area contributed by atoms with Crippen molar-refractivity contribution in [2.75, 3.05) is 0 Å². The van der Waals surface area contributed by atoms with Crippen LogP contribution in [0.5, 0.6) is 0 Å². The molecular weight excluding hydrogens is 835 g/mol. The quantitative estimate of drug-likeness (QED) is 0.157. The third kappa shape index (κ3) is 6.87. The van der Waals surface area contributed by atoms with E-state index >= 15 is 0 Å². The van der Waals surface area contributed by atoms with E-state index in [-0.39, 0.29) is 0 Å². The average Bonchev–Trinajstić information content (AvgIpc) is 3.87. The lowest BCUT2D eigenvalue weighted by atomic mass is 9.96. The molecule has 0 spiro atoms. The minimum absolute atomic E-state index is 0.626. The predicted octanol–water partition coefficient (Wildman–Crippen LogP) is 17.6. The molecule has 2 heterocycles. The monoisotopic (exact) mass is 883 g/mol. The SMILES string of the molecule is Cc1ccccc1-c1ccc2c3ccc(-c4ccccc4C)cc3n(-c3ccc(-c4cccc(C#N)c4)c(-n4c5cc(-c6ccccc6C)ccc5c5ccc(-c6ccccc6C)cc54)c3C)c2c1. The van der Waals surface area contributed by atoms with Gasteiger partial charge in [-0.2, -0.15) is 5.26 Å². The van der Waals surface area contributed by atoms with Crippen LogP contribution in [0, 0.1) is 45.9 Å². The molecule has 2 aromatic heterocycles. The Labute approximate surface area is 403 Å². The fraction of sp³-hybridized carbons (Fsp3) is 0.0758. The number of fused-ring (bicyclic) bond motifs is 6. The number of aryl methyl sites for hydroxylation is 4. The summed E-state index contributed by atoms with van der Waals surface area (Å²) in [7, 11) is 0. The molecule has 0 bridgehead atoms. The highest BCUT2D eigenvalue weighted by atomic mass is 15.0. The van der Waals surface area contributed by atoms with E-state index in [4.69, 9.17) is 0 Å². The minimum atomic E-state index is 0.626. The Morgan fingerprint density at radius 1 is 0.319 bits per heavy atom. The lowest BCUT2D eigenvalue weighted by Gasteiger charge is -2.22. The number of rotatable bonds is 7. The smallest absolute Gasteiger partial charge is 0.0991 e. The number of aromatic nitrogens is 2. The highest BCUT2D eigenvalue weighted by Gasteiger charge is 2.24. The molecule has 0 aliphatic rings. The minimum Gasteiger partial charge on any atom is -0.309 e. The summed E-state index contributed by atoms with van der Waals surface area (Å²) < 4.78 is 5.03. The van der Waals surface area contributed by atoms with E-state index in [2.05, 4.69) is 238 Å². The van der Waals surface area contributed by atoms with Crippen LogP contribution in [0.2, 0.25) is 0 Å². The van der Waals surface area contributed by atoms with Gasteiger partial charge in [0.05, 0.1) is 45.1 Å². The zero-order valence-corrected chi connectivity index (χ0v) is 39.5. The van der Waals surface area contributed by atoms with Crippen molar-refractivity contribution in [3.8, 4) is 73.1 Å². The third-order valence-electron chi connectivity index (χ3n) is 14.5. The number of nitriles is 1. The van der Waals surface area contributed by atoms with Crippen molar-refractivity contribution in [1.29, 1.82) is 5.26 Å². The number of benzene rings is 10. The Balaban J connectivity index is 1.23. The lowest BCUT2D eigenvalue weighted by Crippen LogP contribution is -2.06. The first-order valence-corrected chi connectivity index (χ1v) is 23.8. The van der Waals surface area contributed by atoms with Crippen LogP contribution >= 0.6 is 0 Å². The summed E-state index contributed by atoms with van der Waals surface area (Å²) in [5.74, 6) is 0. The third-order valence-corrected chi connectivity index (χ3v) is 14.5. The van der Waals surface area contributed by atoms with Gasteiger partial charge >= 0.3 is 0 Å². The van der Waals surface area contributed by atoms with E-state index in [0.29, 0.717) is 5.56 Å². The molecule has 0 fully saturated rings. The van der Waals surface area contributed by atoms with Gasteiger partial charge in [0.2, 0.25) is 0 Å². The van der Waals surface area contributed by atoms with Crippen molar-refractivity contribution in [3.05, 3.63) is 240 Å². The molecule has 69 heavy (non-hydrogen) atoms. The second-order valence-corrected chi connectivity index (χ2v) is 18.7. The molecular formula is C66H49N3. The summed E-state index contributed by atoms with van der Waals surface area (Å²) in [6.45, 7) is 11.1. The molecule has 12 rings (SSSR count). The molecule has 0 saturated heterocycles. The molecule has 0 N–H and O–H groups in total. The number of hydrogen-bond acceptors (Lipinski definition) is 1. The molecule has 3 heteroatoms. The zero-order chi connectivity index (χ0) is 46.9. The zero-order valence-electron chi connectivity index (χ0n) is 39.5. The molecule has 10 aromatic carbocycles. The van der Waals surface area contributed by atoms with Gasteiger partial charge in [0.15, 0.2) is 0 Å². The van der Waals surface area contributed by atoms with Gasteiger partial charge in [-0.3, -0.25) is 0 Å². The van der Waals surface area contributed by atoms with Gasteiger partial charge in [0, 0.05) is 27.1 Å². The average molecular weight is 884 g/mol. The first kappa shape index (κ1) is 41.7. The van der Waals surface area contributed by atoms with Crippen LogP contribution in [-0.2, 0) is 0 Å². The largest absolute Gasteiger partial charge is 0.309 e. The Morgan fingerprint density at radius 3 is 1.06 bits per heavy atom. The topological polar surface area (TPSA) is 33.6 Å². The summed E-state index contributed by atoms with van der Waals surface area (Å²) in [5.41, 5.74) is 25.0. The van der Waals surface area contributed by atoms with Crippen molar-refractivity contribution in [3.63, 3.8) is 0 Å². The van der Waals surface area contributed by atoms with Gasteiger partial charge < -0.3 is 9.13 Å². The summed E-state index contributed by atoms with van der Waals surface area (Å²) >= 11 is 0. The molecule has 12 aromatic rings. The van der Waals surface area contributed by atoms with Gasteiger partial charge in [0.1, 0.15) is 0 Å². The molecule has 3 nitrogen and oxygen atoms in total. The Morgan fingerprint density at radius 2 is 0.681 bits per heavy atom. The van der Waals surface area contributed by atoms with Crippen LogP contribution in [0.1, 0.15) is 33.4 Å². The predicted molar refractivity (Wildman–Crippen MR) is 291 cm³/mol. The van der Waals surface area contributed by atoms with Gasteiger partial charge in [-0.25, -0.2) is 0 Å². The Bertz CT molecular complexity index is 3890. The highest BCUT2D eigenvalue weighted by molar-refractivity contribution is 6.13. The van der Waals surface area contributed by atoms with Crippen LogP contribution in [0.25, 0.3) is 111 Å². The Kier molecular flexibility index (Phi) is 10.0. The van der Waals surface area contributed by atoms with Crippen LogP contribution < -0.4 is 0 Å². The molecule has 0 saturated carbocycles. The van der Waals surface area contributed by atoms with E-state index in [1.165, 1.54) is 88.3 Å². The molecule has 0 amide bonds. The standard InChI is InChI=1S/C66H49N3/c1-41-15-6-10-21-52(41)48-25-29-57-58-30-26-49(53-22-11-7-16-42(53)2)37-63(58)68(62(57)36-48)61-34-33-56(47-20-14-19-46(35-47)40-67)66(45(61)5)69-64-38-50(54-23-12-8-17-43(54)3)27-31-59(64)60-32-28-51(39-65(60)69)55-24-13-9-18-44(55)4/h6-39H,1-5H3. The summed E-state index contributed by atoms with van der Waals surface area (Å²) in [5, 5.41) is 15.0. The van der Waals surface area contributed by atoms with Crippen LogP contribution in [0.15, 0.2) is 206 Å². The van der Waals surface area contributed by atoms with Crippen molar-refractivity contribution in [1.82, 2.24) is 9.13 Å². The normalized spacial score (nSPS) is 11.5. The molecule has 0 aliphatic carbocycles. The van der Waals surface area contributed by atoms with Gasteiger partial charge in [-0.15, -0.1) is 0 Å². The summed E-state index contributed by atoms with van der Waals surface area (Å²) in [6.07, 6.45) is 0. The maximum absolute atomic E-state index is 10.3. The van der Waals surface area contributed by atoms with Gasteiger partial charge in [-0.05, 0) is 155 Å².